The van der Waals surface area contributed by atoms with Crippen molar-refractivity contribution in [3.05, 3.63) is 64.8 Å². The normalized spacial score (nSPS) is 12.3. The molecule has 3 rings (SSSR count). The summed E-state index contributed by atoms with van der Waals surface area (Å²) in [5.41, 5.74) is 0.895. The first kappa shape index (κ1) is 19.0. The number of rotatable bonds is 4. The number of halogens is 4. The third kappa shape index (κ3) is 3.97. The Hall–Kier alpha value is -1.77. The first-order valence-corrected chi connectivity index (χ1v) is 10.4. The monoisotopic (exact) mass is 460 g/mol. The van der Waals surface area contributed by atoms with Crippen molar-refractivity contribution < 1.29 is 17.2 Å². The van der Waals surface area contributed by atoms with E-state index in [0.29, 0.717) is 16.9 Å². The maximum absolute atomic E-state index is 13.6. The van der Waals surface area contributed by atoms with Gasteiger partial charge in [0.1, 0.15) is 5.69 Å². The van der Waals surface area contributed by atoms with Crippen molar-refractivity contribution in [2.45, 2.75) is 10.3 Å². The number of aromatic nitrogens is 2. The van der Waals surface area contributed by atoms with E-state index < -0.39 is 20.9 Å². The predicted octanol–water partition coefficient (Wildman–Crippen LogP) is 4.99. The summed E-state index contributed by atoms with van der Waals surface area (Å²) in [4.78, 5) is 0.126. The van der Waals surface area contributed by atoms with Crippen LogP contribution in [0.3, 0.4) is 0 Å². The van der Waals surface area contributed by atoms with E-state index in [0.717, 1.165) is 10.7 Å². The molecule has 0 spiro atoms. The molecule has 26 heavy (non-hydrogen) atoms. The maximum Gasteiger partial charge on any atom is 0.366 e. The fourth-order valence-corrected chi connectivity index (χ4v) is 3.36. The molecule has 136 valence electrons. The van der Waals surface area contributed by atoms with Gasteiger partial charge in [0.05, 0.1) is 16.3 Å². The Kier molecular flexibility index (Phi) is 4.94. The van der Waals surface area contributed by atoms with E-state index in [-0.39, 0.29) is 4.90 Å². The minimum Gasteiger partial charge on any atom is -0.233 e. The second-order valence-corrected chi connectivity index (χ2v) is 9.00. The summed E-state index contributed by atoms with van der Waals surface area (Å²) < 4.78 is 52.5. The van der Waals surface area contributed by atoms with E-state index in [2.05, 4.69) is 21.0 Å². The number of benzene rings is 2. The predicted molar refractivity (Wildman–Crippen MR) is 99.6 cm³/mol. The molecule has 9 heteroatoms. The molecule has 4 nitrogen and oxygen atoms in total. The van der Waals surface area contributed by atoms with Crippen LogP contribution in [0, 0.1) is 0 Å². The topological polar surface area (TPSA) is 52.0 Å². The average Bonchev–Trinajstić information content (AvgIpc) is 3.00. The highest BCUT2D eigenvalue weighted by Gasteiger charge is 2.32. The highest BCUT2D eigenvalue weighted by atomic mass is 79.9. The second kappa shape index (κ2) is 6.75. The molecule has 0 atom stereocenters. The summed E-state index contributed by atoms with van der Waals surface area (Å²) in [6.07, 6.45) is 1.09. The summed E-state index contributed by atoms with van der Waals surface area (Å²) in [6.45, 7) is 0. The molecule has 0 bridgehead atoms. The van der Waals surface area contributed by atoms with E-state index in [1.807, 2.05) is 0 Å². The number of sulfone groups is 1. The van der Waals surface area contributed by atoms with Gasteiger partial charge in [-0.2, -0.15) is 13.9 Å². The van der Waals surface area contributed by atoms with Gasteiger partial charge in [-0.3, -0.25) is 0 Å². The Morgan fingerprint density at radius 1 is 1.08 bits per heavy atom. The SMILES string of the molecule is CS(=O)(=O)c1ccc(-n2nc(C(F)(F)Cl)cc2-c2ccc(Br)cc2)cc1. The van der Waals surface area contributed by atoms with Gasteiger partial charge in [0, 0.05) is 16.3 Å². The van der Waals surface area contributed by atoms with Crippen molar-refractivity contribution in [3.8, 4) is 16.9 Å². The van der Waals surface area contributed by atoms with Gasteiger partial charge in [0.2, 0.25) is 0 Å². The lowest BCUT2D eigenvalue weighted by atomic mass is 10.1. The Labute approximate surface area is 162 Å². The van der Waals surface area contributed by atoms with Gasteiger partial charge < -0.3 is 0 Å². The Balaban J connectivity index is 2.16. The van der Waals surface area contributed by atoms with Crippen molar-refractivity contribution in [1.29, 1.82) is 0 Å². The van der Waals surface area contributed by atoms with Crippen molar-refractivity contribution in [2.24, 2.45) is 0 Å². The summed E-state index contributed by atoms with van der Waals surface area (Å²) in [7, 11) is -3.36. The summed E-state index contributed by atoms with van der Waals surface area (Å²) in [5, 5.41) is 0.293. The van der Waals surface area contributed by atoms with E-state index in [1.165, 1.54) is 35.0 Å². The minimum atomic E-state index is -3.62. The van der Waals surface area contributed by atoms with Crippen LogP contribution < -0.4 is 0 Å². The molecule has 0 aliphatic carbocycles. The zero-order valence-electron chi connectivity index (χ0n) is 13.3. The first-order chi connectivity index (χ1) is 12.1. The molecule has 0 aliphatic rings. The van der Waals surface area contributed by atoms with Gasteiger partial charge in [-0.25, -0.2) is 13.1 Å². The summed E-state index contributed by atoms with van der Waals surface area (Å²) >= 11 is 8.46. The second-order valence-electron chi connectivity index (χ2n) is 5.60. The first-order valence-electron chi connectivity index (χ1n) is 7.29. The Bertz CT molecular complexity index is 1040. The third-order valence-corrected chi connectivity index (χ3v) is 5.50. The molecule has 0 fully saturated rings. The van der Waals surface area contributed by atoms with Gasteiger partial charge in [-0.1, -0.05) is 28.1 Å². The van der Waals surface area contributed by atoms with Crippen LogP contribution in [0.4, 0.5) is 8.78 Å². The van der Waals surface area contributed by atoms with E-state index in [9.17, 15) is 17.2 Å². The fraction of sp³-hybridized carbons (Fsp3) is 0.118. The molecule has 0 N–H and O–H groups in total. The van der Waals surface area contributed by atoms with Crippen LogP contribution in [0.15, 0.2) is 64.0 Å². The lowest BCUT2D eigenvalue weighted by Gasteiger charge is -2.09. The number of hydrogen-bond donors (Lipinski definition) is 0. The highest BCUT2D eigenvalue weighted by molar-refractivity contribution is 9.10. The van der Waals surface area contributed by atoms with Crippen LogP contribution in [-0.4, -0.2) is 24.5 Å². The molecule has 0 unspecified atom stereocenters. The van der Waals surface area contributed by atoms with E-state index in [1.54, 1.807) is 24.3 Å². The van der Waals surface area contributed by atoms with Crippen LogP contribution >= 0.6 is 27.5 Å². The Morgan fingerprint density at radius 3 is 2.15 bits per heavy atom. The molecular weight excluding hydrogens is 450 g/mol. The van der Waals surface area contributed by atoms with Gasteiger partial charge >= 0.3 is 5.38 Å². The quantitative estimate of drug-likeness (QED) is 0.514. The largest absolute Gasteiger partial charge is 0.366 e. The lowest BCUT2D eigenvalue weighted by Crippen LogP contribution is -2.06. The van der Waals surface area contributed by atoms with Crippen LogP contribution in [0.2, 0.25) is 0 Å². The van der Waals surface area contributed by atoms with Gasteiger partial charge in [0.25, 0.3) is 0 Å². The molecule has 0 aliphatic heterocycles. The van der Waals surface area contributed by atoms with Crippen LogP contribution in [0.25, 0.3) is 16.9 Å². The molecule has 1 aromatic heterocycles. The Morgan fingerprint density at radius 2 is 1.65 bits per heavy atom. The third-order valence-electron chi connectivity index (χ3n) is 3.65. The number of nitrogens with zero attached hydrogens (tertiary/aromatic N) is 2. The number of alkyl halides is 3. The molecular formula is C17H12BrClF2N2O2S. The maximum atomic E-state index is 13.6. The smallest absolute Gasteiger partial charge is 0.233 e. The average molecular weight is 462 g/mol. The summed E-state index contributed by atoms with van der Waals surface area (Å²) in [5.74, 6) is 0. The van der Waals surface area contributed by atoms with E-state index >= 15 is 0 Å². The van der Waals surface area contributed by atoms with E-state index in [4.69, 9.17) is 11.6 Å². The van der Waals surface area contributed by atoms with Crippen molar-refractivity contribution >= 4 is 37.4 Å². The fourth-order valence-electron chi connectivity index (χ4n) is 2.38. The molecule has 0 radical (unpaired) electrons. The summed E-state index contributed by atoms with van der Waals surface area (Å²) in [6, 6.07) is 14.1. The van der Waals surface area contributed by atoms with Crippen molar-refractivity contribution in [1.82, 2.24) is 9.78 Å². The molecule has 1 heterocycles. The standard InChI is InChI=1S/C17H12BrClF2N2O2S/c1-26(24,25)14-8-6-13(7-9-14)23-15(10-16(22-23)17(19,20)21)11-2-4-12(18)5-3-11/h2-10H,1H3. The van der Waals surface area contributed by atoms with Crippen LogP contribution in [0.5, 0.6) is 0 Å². The highest BCUT2D eigenvalue weighted by Crippen LogP contribution is 2.35. The van der Waals surface area contributed by atoms with Crippen molar-refractivity contribution in [3.63, 3.8) is 0 Å². The molecule has 0 saturated heterocycles. The van der Waals surface area contributed by atoms with Gasteiger partial charge in [0.15, 0.2) is 9.84 Å². The van der Waals surface area contributed by atoms with Gasteiger partial charge in [-0.05, 0) is 54.1 Å². The molecule has 0 amide bonds. The minimum absolute atomic E-state index is 0.126. The zero-order chi connectivity index (χ0) is 19.1. The molecule has 2 aromatic carbocycles. The van der Waals surface area contributed by atoms with Gasteiger partial charge in [-0.15, -0.1) is 0 Å². The van der Waals surface area contributed by atoms with Crippen molar-refractivity contribution in [2.75, 3.05) is 6.26 Å². The van der Waals surface area contributed by atoms with Crippen LogP contribution in [-0.2, 0) is 15.2 Å². The lowest BCUT2D eigenvalue weighted by molar-refractivity contribution is 0.0895. The van der Waals surface area contributed by atoms with Crippen LogP contribution in [0.1, 0.15) is 5.69 Å². The number of hydrogen-bond acceptors (Lipinski definition) is 3. The zero-order valence-corrected chi connectivity index (χ0v) is 16.5. The molecule has 0 saturated carbocycles. The molecule has 3 aromatic rings.